The molecule has 34 heavy (non-hydrogen) atoms. The number of rotatable bonds is 5. The van der Waals surface area contributed by atoms with Gasteiger partial charge in [-0.1, -0.05) is 66.7 Å². The number of benzene rings is 3. The van der Waals surface area contributed by atoms with Gasteiger partial charge < -0.3 is 0 Å². The summed E-state index contributed by atoms with van der Waals surface area (Å²) in [6, 6.07) is 24.0. The average molecular weight is 448 g/mol. The SMILES string of the molecule is CC(c1ccccc1)(c1ccccc1N1C(=O)C=CC1=O)c1ccccc1N1C(=O)C=CC1=O. The zero-order chi connectivity index (χ0) is 23.9. The number of hydrogen-bond donors (Lipinski definition) is 0. The molecule has 0 atom stereocenters. The number of para-hydroxylation sites is 2. The Morgan fingerprint density at radius 2 is 0.853 bits per heavy atom. The lowest BCUT2D eigenvalue weighted by Gasteiger charge is -2.37. The molecular weight excluding hydrogens is 428 g/mol. The molecule has 0 saturated heterocycles. The largest absolute Gasteiger partial charge is 0.269 e. The third-order valence-corrected chi connectivity index (χ3v) is 6.34. The van der Waals surface area contributed by atoms with Gasteiger partial charge in [0.15, 0.2) is 0 Å². The third-order valence-electron chi connectivity index (χ3n) is 6.34. The Morgan fingerprint density at radius 1 is 0.500 bits per heavy atom. The van der Waals surface area contributed by atoms with Crippen LogP contribution < -0.4 is 9.80 Å². The number of carbonyl (C=O) groups is 4. The number of hydrogen-bond acceptors (Lipinski definition) is 4. The summed E-state index contributed by atoms with van der Waals surface area (Å²) < 4.78 is 0. The molecule has 2 aliphatic rings. The monoisotopic (exact) mass is 448 g/mol. The van der Waals surface area contributed by atoms with E-state index in [1.807, 2.05) is 61.5 Å². The molecule has 0 bridgehead atoms. The molecule has 2 aliphatic heterocycles. The van der Waals surface area contributed by atoms with Crippen LogP contribution in [0.2, 0.25) is 0 Å². The van der Waals surface area contributed by atoms with Crippen LogP contribution in [0, 0.1) is 0 Å². The highest BCUT2D eigenvalue weighted by Crippen LogP contribution is 2.47. The van der Waals surface area contributed by atoms with Crippen LogP contribution in [-0.2, 0) is 24.6 Å². The van der Waals surface area contributed by atoms with Gasteiger partial charge in [-0.3, -0.25) is 19.2 Å². The number of anilines is 2. The summed E-state index contributed by atoms with van der Waals surface area (Å²) in [6.45, 7) is 1.97. The smallest absolute Gasteiger partial charge is 0.258 e. The van der Waals surface area contributed by atoms with Crippen molar-refractivity contribution in [1.29, 1.82) is 0 Å². The predicted molar refractivity (Wildman–Crippen MR) is 128 cm³/mol. The molecule has 0 saturated carbocycles. The number of carbonyl (C=O) groups excluding carboxylic acids is 4. The second kappa shape index (κ2) is 8.08. The Labute approximate surface area is 196 Å². The van der Waals surface area contributed by atoms with E-state index in [9.17, 15) is 19.2 Å². The maximum Gasteiger partial charge on any atom is 0.258 e. The Morgan fingerprint density at radius 3 is 1.26 bits per heavy atom. The van der Waals surface area contributed by atoms with Gasteiger partial charge >= 0.3 is 0 Å². The molecule has 0 aliphatic carbocycles. The van der Waals surface area contributed by atoms with E-state index < -0.39 is 29.0 Å². The second-order valence-electron chi connectivity index (χ2n) is 8.22. The standard InChI is InChI=1S/C28H20N2O4/c1-28(19-9-3-2-4-10-19,20-11-5-7-13-22(20)29-24(31)15-16-25(29)32)21-12-6-8-14-23(21)30-26(33)17-18-27(30)34/h2-18H,1H3. The molecule has 5 rings (SSSR count). The average Bonchev–Trinajstić information content (AvgIpc) is 3.38. The van der Waals surface area contributed by atoms with Crippen molar-refractivity contribution in [3.8, 4) is 0 Å². The minimum absolute atomic E-state index is 0.421. The van der Waals surface area contributed by atoms with Crippen LogP contribution in [0.1, 0.15) is 23.6 Å². The van der Waals surface area contributed by atoms with Crippen molar-refractivity contribution >= 4 is 35.0 Å². The van der Waals surface area contributed by atoms with Crippen LogP contribution in [0.4, 0.5) is 11.4 Å². The molecule has 0 unspecified atom stereocenters. The Kier molecular flexibility index (Phi) is 5.06. The van der Waals surface area contributed by atoms with Gasteiger partial charge in [0.05, 0.1) is 11.4 Å². The maximum absolute atomic E-state index is 12.6. The molecule has 0 fully saturated rings. The molecule has 0 radical (unpaired) electrons. The lowest BCUT2D eigenvalue weighted by atomic mass is 9.69. The molecule has 3 aromatic carbocycles. The van der Waals surface area contributed by atoms with Crippen molar-refractivity contribution in [2.75, 3.05) is 9.80 Å². The van der Waals surface area contributed by atoms with Crippen molar-refractivity contribution in [3.63, 3.8) is 0 Å². The topological polar surface area (TPSA) is 74.8 Å². The fourth-order valence-corrected chi connectivity index (χ4v) is 4.69. The second-order valence-corrected chi connectivity index (χ2v) is 8.22. The van der Waals surface area contributed by atoms with Crippen LogP contribution in [0.25, 0.3) is 0 Å². The van der Waals surface area contributed by atoms with Crippen LogP contribution in [-0.4, -0.2) is 23.6 Å². The van der Waals surface area contributed by atoms with Crippen LogP contribution in [0.3, 0.4) is 0 Å². The Bertz CT molecular complexity index is 1280. The fraction of sp³-hybridized carbons (Fsp3) is 0.0714. The number of nitrogens with zero attached hydrogens (tertiary/aromatic N) is 2. The van der Waals surface area contributed by atoms with Gasteiger partial charge in [-0.15, -0.1) is 0 Å². The highest BCUT2D eigenvalue weighted by molar-refractivity contribution is 6.29. The molecule has 4 amide bonds. The highest BCUT2D eigenvalue weighted by atomic mass is 16.2. The maximum atomic E-state index is 12.6. The van der Waals surface area contributed by atoms with Gasteiger partial charge in [-0.2, -0.15) is 0 Å². The van der Waals surface area contributed by atoms with E-state index in [1.54, 1.807) is 24.3 Å². The summed E-state index contributed by atoms with van der Waals surface area (Å²) in [5.41, 5.74) is 2.20. The summed E-state index contributed by atoms with van der Waals surface area (Å²) in [4.78, 5) is 52.7. The summed E-state index contributed by atoms with van der Waals surface area (Å²) in [5.74, 6) is -1.68. The first-order chi connectivity index (χ1) is 16.4. The minimum Gasteiger partial charge on any atom is -0.269 e. The van der Waals surface area contributed by atoms with Crippen molar-refractivity contribution in [2.24, 2.45) is 0 Å². The van der Waals surface area contributed by atoms with Gasteiger partial charge in [0.2, 0.25) is 0 Å². The van der Waals surface area contributed by atoms with Gasteiger partial charge in [-0.25, -0.2) is 9.80 Å². The van der Waals surface area contributed by atoms with Crippen LogP contribution in [0.5, 0.6) is 0 Å². The van der Waals surface area contributed by atoms with Gasteiger partial charge in [0, 0.05) is 29.7 Å². The van der Waals surface area contributed by atoms with Crippen molar-refractivity contribution in [2.45, 2.75) is 12.3 Å². The number of amides is 4. The minimum atomic E-state index is -0.930. The zero-order valence-corrected chi connectivity index (χ0v) is 18.3. The van der Waals surface area contributed by atoms with E-state index in [0.717, 1.165) is 15.4 Å². The summed E-state index contributed by atoms with van der Waals surface area (Å²) in [6.07, 6.45) is 5.00. The molecule has 0 aromatic heterocycles. The van der Waals surface area contributed by atoms with E-state index in [4.69, 9.17) is 0 Å². The van der Waals surface area contributed by atoms with E-state index in [2.05, 4.69) is 0 Å². The number of imide groups is 2. The highest BCUT2D eigenvalue weighted by Gasteiger charge is 2.40. The fourth-order valence-electron chi connectivity index (χ4n) is 4.69. The van der Waals surface area contributed by atoms with Crippen molar-refractivity contribution < 1.29 is 19.2 Å². The molecule has 166 valence electrons. The van der Waals surface area contributed by atoms with Crippen molar-refractivity contribution in [1.82, 2.24) is 0 Å². The first-order valence-corrected chi connectivity index (χ1v) is 10.8. The van der Waals surface area contributed by atoms with E-state index in [1.165, 1.54) is 24.3 Å². The van der Waals surface area contributed by atoms with Gasteiger partial charge in [0.25, 0.3) is 23.6 Å². The Balaban J connectivity index is 1.80. The van der Waals surface area contributed by atoms with Gasteiger partial charge in [0.1, 0.15) is 0 Å². The predicted octanol–water partition coefficient (Wildman–Crippen LogP) is 3.90. The van der Waals surface area contributed by atoms with Crippen LogP contribution >= 0.6 is 0 Å². The Hall–Kier alpha value is -4.58. The molecule has 3 aromatic rings. The summed E-state index contributed by atoms with van der Waals surface area (Å²) in [5, 5.41) is 0. The molecule has 0 spiro atoms. The molecule has 0 N–H and O–H groups in total. The zero-order valence-electron chi connectivity index (χ0n) is 18.3. The normalized spacial score (nSPS) is 15.7. The van der Waals surface area contributed by atoms with Crippen molar-refractivity contribution in [3.05, 3.63) is 120 Å². The molecular formula is C28H20N2O4. The van der Waals surface area contributed by atoms with E-state index in [0.29, 0.717) is 22.5 Å². The van der Waals surface area contributed by atoms with Gasteiger partial charge in [-0.05, 0) is 35.7 Å². The first-order valence-electron chi connectivity index (χ1n) is 10.8. The lowest BCUT2D eigenvalue weighted by Crippen LogP contribution is -2.37. The van der Waals surface area contributed by atoms with E-state index in [-0.39, 0.29) is 0 Å². The molecule has 2 heterocycles. The first kappa shape index (κ1) is 21.3. The third kappa shape index (κ3) is 3.19. The van der Waals surface area contributed by atoms with Crippen LogP contribution in [0.15, 0.2) is 103 Å². The quantitative estimate of drug-likeness (QED) is 0.438. The molecule has 6 nitrogen and oxygen atoms in total. The summed E-state index contributed by atoms with van der Waals surface area (Å²) >= 11 is 0. The summed E-state index contributed by atoms with van der Waals surface area (Å²) in [7, 11) is 0. The van der Waals surface area contributed by atoms with E-state index >= 15 is 0 Å². The lowest BCUT2D eigenvalue weighted by molar-refractivity contribution is -0.121. The molecule has 6 heteroatoms.